The average molecular weight is 455 g/mol. The van der Waals surface area contributed by atoms with Gasteiger partial charge < -0.3 is 20.3 Å². The van der Waals surface area contributed by atoms with Crippen LogP contribution >= 0.6 is 11.8 Å². The third-order valence-corrected chi connectivity index (χ3v) is 5.53. The van der Waals surface area contributed by atoms with Crippen LogP contribution in [0, 0.1) is 0 Å². The molecule has 32 heavy (non-hydrogen) atoms. The van der Waals surface area contributed by atoms with E-state index in [2.05, 4.69) is 30.8 Å². The maximum absolute atomic E-state index is 12.2. The summed E-state index contributed by atoms with van der Waals surface area (Å²) in [7, 11) is 0. The molecule has 3 N–H and O–H groups in total. The van der Waals surface area contributed by atoms with Crippen molar-refractivity contribution in [2.45, 2.75) is 0 Å². The maximum atomic E-state index is 12.2. The molecule has 0 aliphatic carbocycles. The van der Waals surface area contributed by atoms with Crippen LogP contribution in [-0.4, -0.2) is 66.4 Å². The molecule has 166 valence electrons. The van der Waals surface area contributed by atoms with Gasteiger partial charge in [-0.2, -0.15) is 4.98 Å². The summed E-state index contributed by atoms with van der Waals surface area (Å²) in [6.45, 7) is 3.36. The fourth-order valence-corrected chi connectivity index (χ4v) is 3.82. The summed E-state index contributed by atoms with van der Waals surface area (Å²) in [6, 6.07) is 10.7. The SMILES string of the molecule is O=C1NC(=O)/C(=C/c2cc(N3CCOCC3)nc(NCCNC(=O)c3ccccc3)n2)S1. The Morgan fingerprint density at radius 1 is 1.16 bits per heavy atom. The topological polar surface area (TPSA) is 126 Å². The number of nitrogens with zero attached hydrogens (tertiary/aromatic N) is 3. The fraction of sp³-hybridized carbons (Fsp3) is 0.286. The van der Waals surface area contributed by atoms with E-state index in [4.69, 9.17) is 4.74 Å². The van der Waals surface area contributed by atoms with Gasteiger partial charge in [0.15, 0.2) is 0 Å². The first-order chi connectivity index (χ1) is 15.6. The Morgan fingerprint density at radius 3 is 2.66 bits per heavy atom. The molecule has 10 nitrogen and oxygen atoms in total. The number of benzene rings is 1. The largest absolute Gasteiger partial charge is 0.378 e. The highest BCUT2D eigenvalue weighted by atomic mass is 32.2. The molecule has 1 aromatic heterocycles. The van der Waals surface area contributed by atoms with Gasteiger partial charge in [-0.05, 0) is 30.0 Å². The van der Waals surface area contributed by atoms with Gasteiger partial charge in [0, 0.05) is 37.8 Å². The van der Waals surface area contributed by atoms with Crippen LogP contribution in [0.4, 0.5) is 16.6 Å². The molecule has 0 saturated carbocycles. The predicted octanol–water partition coefficient (Wildman–Crippen LogP) is 1.48. The normalized spacial score (nSPS) is 17.4. The summed E-state index contributed by atoms with van der Waals surface area (Å²) < 4.78 is 5.41. The van der Waals surface area contributed by atoms with Crippen molar-refractivity contribution in [3.63, 3.8) is 0 Å². The molecular weight excluding hydrogens is 432 g/mol. The Labute approximate surface area is 188 Å². The molecule has 0 unspecified atom stereocenters. The quantitative estimate of drug-likeness (QED) is 0.421. The van der Waals surface area contributed by atoms with Gasteiger partial charge in [0.2, 0.25) is 5.95 Å². The lowest BCUT2D eigenvalue weighted by Gasteiger charge is -2.28. The summed E-state index contributed by atoms with van der Waals surface area (Å²) in [5.74, 6) is 0.463. The minimum atomic E-state index is -0.440. The molecule has 3 amide bonds. The Hall–Kier alpha value is -3.44. The van der Waals surface area contributed by atoms with Gasteiger partial charge in [-0.1, -0.05) is 18.2 Å². The van der Waals surface area contributed by atoms with Crippen molar-refractivity contribution in [1.29, 1.82) is 0 Å². The summed E-state index contributed by atoms with van der Waals surface area (Å²) in [5.41, 5.74) is 1.10. The second-order valence-corrected chi connectivity index (χ2v) is 7.99. The molecule has 2 aromatic rings. The Balaban J connectivity index is 1.45. The van der Waals surface area contributed by atoms with Crippen LogP contribution < -0.4 is 20.9 Å². The van der Waals surface area contributed by atoms with Crippen molar-refractivity contribution in [1.82, 2.24) is 20.6 Å². The van der Waals surface area contributed by atoms with E-state index in [1.54, 1.807) is 24.3 Å². The van der Waals surface area contributed by atoms with E-state index < -0.39 is 11.1 Å². The molecule has 3 heterocycles. The first kappa shape index (κ1) is 21.8. The monoisotopic (exact) mass is 454 g/mol. The zero-order valence-electron chi connectivity index (χ0n) is 17.2. The molecule has 2 aliphatic rings. The van der Waals surface area contributed by atoms with Crippen LogP contribution in [0.2, 0.25) is 0 Å². The van der Waals surface area contributed by atoms with E-state index in [1.807, 2.05) is 18.2 Å². The molecule has 0 bridgehead atoms. The highest BCUT2D eigenvalue weighted by Crippen LogP contribution is 2.26. The summed E-state index contributed by atoms with van der Waals surface area (Å²) in [4.78, 5) is 46.9. The van der Waals surface area contributed by atoms with E-state index in [9.17, 15) is 14.4 Å². The number of thioether (sulfide) groups is 1. The van der Waals surface area contributed by atoms with Gasteiger partial charge in [0.1, 0.15) is 5.82 Å². The molecule has 11 heteroatoms. The van der Waals surface area contributed by atoms with Gasteiger partial charge >= 0.3 is 0 Å². The number of ether oxygens (including phenoxy) is 1. The van der Waals surface area contributed by atoms with Crippen molar-refractivity contribution in [2.24, 2.45) is 0 Å². The highest BCUT2D eigenvalue weighted by molar-refractivity contribution is 8.18. The fourth-order valence-electron chi connectivity index (χ4n) is 3.16. The van der Waals surface area contributed by atoms with E-state index in [-0.39, 0.29) is 10.8 Å². The van der Waals surface area contributed by atoms with E-state index >= 15 is 0 Å². The van der Waals surface area contributed by atoms with Gasteiger partial charge in [-0.3, -0.25) is 19.7 Å². The lowest BCUT2D eigenvalue weighted by molar-refractivity contribution is -0.115. The second-order valence-electron chi connectivity index (χ2n) is 6.97. The molecule has 0 spiro atoms. The van der Waals surface area contributed by atoms with Gasteiger partial charge in [0.25, 0.3) is 17.1 Å². The molecule has 2 saturated heterocycles. The zero-order valence-corrected chi connectivity index (χ0v) is 18.0. The van der Waals surface area contributed by atoms with E-state index in [0.717, 1.165) is 11.8 Å². The number of anilines is 2. The van der Waals surface area contributed by atoms with Crippen LogP contribution in [0.3, 0.4) is 0 Å². The molecule has 2 aliphatic heterocycles. The van der Waals surface area contributed by atoms with Crippen molar-refractivity contribution >= 4 is 46.7 Å². The summed E-state index contributed by atoms with van der Waals surface area (Å²) >= 11 is 0.838. The van der Waals surface area contributed by atoms with Crippen molar-refractivity contribution < 1.29 is 19.1 Å². The van der Waals surface area contributed by atoms with Crippen LogP contribution in [-0.2, 0) is 9.53 Å². The number of carbonyl (C=O) groups excluding carboxylic acids is 3. The molecular formula is C21H22N6O4S. The molecule has 1 aromatic carbocycles. The Morgan fingerprint density at radius 2 is 1.94 bits per heavy atom. The minimum absolute atomic E-state index is 0.158. The first-order valence-corrected chi connectivity index (χ1v) is 10.9. The van der Waals surface area contributed by atoms with E-state index in [1.165, 1.54) is 0 Å². The van der Waals surface area contributed by atoms with Crippen molar-refractivity contribution in [3.05, 3.63) is 52.6 Å². The molecule has 2 fully saturated rings. The highest BCUT2D eigenvalue weighted by Gasteiger charge is 2.25. The summed E-state index contributed by atoms with van der Waals surface area (Å²) in [6.07, 6.45) is 1.57. The second kappa shape index (κ2) is 10.2. The maximum Gasteiger partial charge on any atom is 0.290 e. The molecule has 4 rings (SSSR count). The van der Waals surface area contributed by atoms with Gasteiger partial charge in [0.05, 0.1) is 23.8 Å². The number of nitrogens with one attached hydrogen (secondary N) is 3. The van der Waals surface area contributed by atoms with Crippen molar-refractivity contribution in [2.75, 3.05) is 49.6 Å². The standard InChI is InChI=1S/C21H22N6O4S/c28-18(14-4-2-1-3-5-14)22-6-7-23-20-24-15(12-16-19(29)26-21(30)32-16)13-17(25-20)27-8-10-31-11-9-27/h1-5,12-13H,6-11H2,(H,22,28)(H,23,24,25)(H,26,29,30)/b16-12-. The number of morpholine rings is 1. The third kappa shape index (κ3) is 5.62. The number of hydrogen-bond donors (Lipinski definition) is 3. The lowest BCUT2D eigenvalue weighted by atomic mass is 10.2. The molecule has 0 radical (unpaired) electrons. The smallest absolute Gasteiger partial charge is 0.290 e. The number of hydrogen-bond acceptors (Lipinski definition) is 9. The zero-order chi connectivity index (χ0) is 22.3. The predicted molar refractivity (Wildman–Crippen MR) is 121 cm³/mol. The van der Waals surface area contributed by atoms with Crippen molar-refractivity contribution in [3.8, 4) is 0 Å². The number of aromatic nitrogens is 2. The number of amides is 3. The molecule has 0 atom stereocenters. The van der Waals surface area contributed by atoms with Crippen LogP contribution in [0.15, 0.2) is 41.3 Å². The van der Waals surface area contributed by atoms with Gasteiger partial charge in [-0.15, -0.1) is 0 Å². The van der Waals surface area contributed by atoms with E-state index in [0.29, 0.717) is 62.4 Å². The van der Waals surface area contributed by atoms with Crippen LogP contribution in [0.25, 0.3) is 6.08 Å². The van der Waals surface area contributed by atoms with Crippen LogP contribution in [0.5, 0.6) is 0 Å². The number of imide groups is 1. The Kier molecular flexibility index (Phi) is 6.97. The lowest BCUT2D eigenvalue weighted by Crippen LogP contribution is -2.37. The number of carbonyl (C=O) groups is 3. The minimum Gasteiger partial charge on any atom is -0.378 e. The summed E-state index contributed by atoms with van der Waals surface area (Å²) in [5, 5.41) is 7.79. The van der Waals surface area contributed by atoms with Gasteiger partial charge in [-0.25, -0.2) is 4.98 Å². The Bertz CT molecular complexity index is 1040. The number of rotatable bonds is 7. The third-order valence-electron chi connectivity index (χ3n) is 4.72. The average Bonchev–Trinajstić information content (AvgIpc) is 3.14. The first-order valence-electron chi connectivity index (χ1n) is 10.1. The van der Waals surface area contributed by atoms with Crippen LogP contribution in [0.1, 0.15) is 16.1 Å².